The Bertz CT molecular complexity index is 914. The maximum atomic E-state index is 13.7. The van der Waals surface area contributed by atoms with E-state index in [4.69, 9.17) is 0 Å². The van der Waals surface area contributed by atoms with Crippen LogP contribution < -0.4 is 10.2 Å². The van der Waals surface area contributed by atoms with Crippen LogP contribution in [0.15, 0.2) is 42.5 Å². The van der Waals surface area contributed by atoms with Crippen molar-refractivity contribution in [2.24, 2.45) is 5.92 Å². The molecule has 0 atom stereocenters. The van der Waals surface area contributed by atoms with Gasteiger partial charge in [0.05, 0.1) is 10.2 Å². The summed E-state index contributed by atoms with van der Waals surface area (Å²) in [5, 5.41) is 3.65. The van der Waals surface area contributed by atoms with E-state index < -0.39 is 11.6 Å². The van der Waals surface area contributed by atoms with E-state index in [1.807, 2.05) is 18.2 Å². The molecule has 2 aromatic carbocycles. The minimum Gasteiger partial charge on any atom is -0.352 e. The van der Waals surface area contributed by atoms with Crippen molar-refractivity contribution in [3.63, 3.8) is 0 Å². The monoisotopic (exact) mass is 387 g/mol. The van der Waals surface area contributed by atoms with E-state index in [2.05, 4.69) is 21.3 Å². The molecule has 0 aliphatic carbocycles. The average molecular weight is 387 g/mol. The lowest BCUT2D eigenvalue weighted by molar-refractivity contribution is -0.125. The molecule has 4 rings (SSSR count). The van der Waals surface area contributed by atoms with E-state index in [-0.39, 0.29) is 23.9 Å². The number of rotatable bonds is 4. The molecule has 3 aromatic rings. The van der Waals surface area contributed by atoms with Crippen LogP contribution in [0.5, 0.6) is 0 Å². The van der Waals surface area contributed by atoms with Crippen molar-refractivity contribution in [3.8, 4) is 0 Å². The van der Waals surface area contributed by atoms with Gasteiger partial charge in [-0.3, -0.25) is 4.79 Å². The molecule has 27 heavy (non-hydrogen) atoms. The minimum absolute atomic E-state index is 0.0993. The number of halogens is 2. The van der Waals surface area contributed by atoms with Gasteiger partial charge in [-0.1, -0.05) is 29.5 Å². The van der Waals surface area contributed by atoms with Gasteiger partial charge in [0.1, 0.15) is 11.6 Å². The number of amides is 1. The number of benzene rings is 2. The van der Waals surface area contributed by atoms with E-state index in [1.165, 1.54) is 18.2 Å². The van der Waals surface area contributed by atoms with Crippen LogP contribution in [-0.4, -0.2) is 24.0 Å². The number of piperidine rings is 1. The number of hydrogen-bond donors (Lipinski definition) is 1. The van der Waals surface area contributed by atoms with Crippen LogP contribution in [0.2, 0.25) is 0 Å². The van der Waals surface area contributed by atoms with Crippen molar-refractivity contribution in [1.82, 2.24) is 10.3 Å². The molecule has 0 radical (unpaired) electrons. The number of para-hydroxylation sites is 1. The van der Waals surface area contributed by atoms with Crippen LogP contribution >= 0.6 is 11.3 Å². The average Bonchev–Trinajstić information content (AvgIpc) is 3.12. The summed E-state index contributed by atoms with van der Waals surface area (Å²) >= 11 is 1.66. The number of anilines is 1. The van der Waals surface area contributed by atoms with Crippen molar-refractivity contribution in [2.45, 2.75) is 19.4 Å². The zero-order valence-corrected chi connectivity index (χ0v) is 15.4. The molecule has 4 nitrogen and oxygen atoms in total. The van der Waals surface area contributed by atoms with Gasteiger partial charge in [0, 0.05) is 31.1 Å². The molecule has 1 aliphatic heterocycles. The van der Waals surface area contributed by atoms with E-state index in [9.17, 15) is 13.6 Å². The van der Waals surface area contributed by atoms with Crippen LogP contribution in [-0.2, 0) is 11.3 Å². The Labute approximate surface area is 159 Å². The molecule has 0 saturated carbocycles. The Morgan fingerprint density at radius 3 is 2.52 bits per heavy atom. The fourth-order valence-electron chi connectivity index (χ4n) is 3.35. The maximum Gasteiger partial charge on any atom is 0.223 e. The van der Waals surface area contributed by atoms with Gasteiger partial charge >= 0.3 is 0 Å². The number of fused-ring (bicyclic) bond motifs is 1. The third kappa shape index (κ3) is 3.78. The number of aromatic nitrogens is 1. The second kappa shape index (κ2) is 7.60. The number of thiazole rings is 1. The molecule has 0 unspecified atom stereocenters. The quantitative estimate of drug-likeness (QED) is 0.733. The van der Waals surface area contributed by atoms with Gasteiger partial charge in [-0.15, -0.1) is 0 Å². The lowest BCUT2D eigenvalue weighted by Gasteiger charge is -2.31. The normalized spacial score (nSPS) is 15.3. The van der Waals surface area contributed by atoms with E-state index in [0.29, 0.717) is 12.8 Å². The molecule has 1 aromatic heterocycles. The van der Waals surface area contributed by atoms with E-state index in [1.54, 1.807) is 11.3 Å². The third-order valence-electron chi connectivity index (χ3n) is 4.92. The Hall–Kier alpha value is -2.54. The van der Waals surface area contributed by atoms with Crippen molar-refractivity contribution < 1.29 is 13.6 Å². The third-order valence-corrected chi connectivity index (χ3v) is 6.02. The lowest BCUT2D eigenvalue weighted by Crippen LogP contribution is -2.40. The Morgan fingerprint density at radius 2 is 1.81 bits per heavy atom. The molecular weight excluding hydrogens is 368 g/mol. The fourth-order valence-corrected chi connectivity index (χ4v) is 4.37. The van der Waals surface area contributed by atoms with Crippen LogP contribution in [0.4, 0.5) is 13.9 Å². The summed E-state index contributed by atoms with van der Waals surface area (Å²) in [5.41, 5.74) is 0.891. The van der Waals surface area contributed by atoms with E-state index >= 15 is 0 Å². The highest BCUT2D eigenvalue weighted by atomic mass is 32.1. The van der Waals surface area contributed by atoms with Crippen molar-refractivity contribution in [1.29, 1.82) is 0 Å². The molecule has 2 heterocycles. The van der Waals surface area contributed by atoms with Crippen molar-refractivity contribution in [3.05, 3.63) is 59.7 Å². The summed E-state index contributed by atoms with van der Waals surface area (Å²) in [6.45, 7) is 1.35. The highest BCUT2D eigenvalue weighted by Crippen LogP contribution is 2.31. The van der Waals surface area contributed by atoms with Gasteiger partial charge in [-0.05, 0) is 37.1 Å². The summed E-state index contributed by atoms with van der Waals surface area (Å²) in [7, 11) is 0. The van der Waals surface area contributed by atoms with Crippen LogP contribution in [0, 0.1) is 17.6 Å². The molecule has 0 bridgehead atoms. The summed E-state index contributed by atoms with van der Waals surface area (Å²) in [6.07, 6.45) is 1.39. The smallest absolute Gasteiger partial charge is 0.223 e. The van der Waals surface area contributed by atoms with Gasteiger partial charge in [-0.2, -0.15) is 0 Å². The molecule has 1 fully saturated rings. The lowest BCUT2D eigenvalue weighted by atomic mass is 9.96. The molecule has 1 amide bonds. The highest BCUT2D eigenvalue weighted by molar-refractivity contribution is 7.22. The number of hydrogen-bond acceptors (Lipinski definition) is 4. The second-order valence-corrected chi connectivity index (χ2v) is 7.65. The summed E-state index contributed by atoms with van der Waals surface area (Å²) in [6, 6.07) is 11.7. The van der Waals surface area contributed by atoms with Crippen LogP contribution in [0.3, 0.4) is 0 Å². The summed E-state index contributed by atoms with van der Waals surface area (Å²) in [5.74, 6) is -1.58. The first kappa shape index (κ1) is 17.9. The van der Waals surface area contributed by atoms with Gasteiger partial charge in [-0.25, -0.2) is 13.8 Å². The summed E-state index contributed by atoms with van der Waals surface area (Å²) in [4.78, 5) is 19.3. The number of carbonyl (C=O) groups is 1. The van der Waals surface area contributed by atoms with E-state index in [0.717, 1.165) is 28.4 Å². The zero-order chi connectivity index (χ0) is 18.8. The number of nitrogens with one attached hydrogen (secondary N) is 1. The number of carbonyl (C=O) groups excluding carboxylic acids is 1. The SMILES string of the molecule is O=C(NCc1c(F)cccc1F)C1CCN(c2nc3ccccc3s2)CC1. The first-order valence-corrected chi connectivity index (χ1v) is 9.74. The molecule has 1 saturated heterocycles. The van der Waals surface area contributed by atoms with Gasteiger partial charge in [0.2, 0.25) is 5.91 Å². The second-order valence-electron chi connectivity index (χ2n) is 6.64. The largest absolute Gasteiger partial charge is 0.352 e. The molecule has 1 aliphatic rings. The molecular formula is C20H19F2N3OS. The predicted molar refractivity (Wildman–Crippen MR) is 103 cm³/mol. The Balaban J connectivity index is 1.34. The maximum absolute atomic E-state index is 13.7. The van der Waals surface area contributed by atoms with Gasteiger partial charge in [0.15, 0.2) is 5.13 Å². The fraction of sp³-hybridized carbons (Fsp3) is 0.300. The first-order valence-electron chi connectivity index (χ1n) is 8.93. The Morgan fingerprint density at radius 1 is 1.11 bits per heavy atom. The molecule has 1 N–H and O–H groups in total. The van der Waals surface area contributed by atoms with Gasteiger partial charge < -0.3 is 10.2 Å². The van der Waals surface area contributed by atoms with Gasteiger partial charge in [0.25, 0.3) is 0 Å². The van der Waals surface area contributed by atoms with Crippen LogP contribution in [0.25, 0.3) is 10.2 Å². The minimum atomic E-state index is -0.638. The highest BCUT2D eigenvalue weighted by Gasteiger charge is 2.26. The van der Waals surface area contributed by atoms with Crippen molar-refractivity contribution >= 4 is 32.6 Å². The molecule has 140 valence electrons. The van der Waals surface area contributed by atoms with Crippen molar-refractivity contribution in [2.75, 3.05) is 18.0 Å². The number of nitrogens with zero attached hydrogens (tertiary/aromatic N) is 2. The topological polar surface area (TPSA) is 45.2 Å². The summed E-state index contributed by atoms with van der Waals surface area (Å²) < 4.78 is 28.5. The first-order chi connectivity index (χ1) is 13.1. The zero-order valence-electron chi connectivity index (χ0n) is 14.6. The van der Waals surface area contributed by atoms with Crippen LogP contribution in [0.1, 0.15) is 18.4 Å². The molecule has 0 spiro atoms. The molecule has 7 heteroatoms. The predicted octanol–water partition coefficient (Wildman–Crippen LogP) is 4.11. The standard InChI is InChI=1S/C20H19F2N3OS/c21-15-4-3-5-16(22)14(15)12-23-19(26)13-8-10-25(11-9-13)20-24-17-6-1-2-7-18(17)27-20/h1-7,13H,8-12H2,(H,23,26). The Kier molecular flexibility index (Phi) is 5.03.